The molecule has 20 heavy (non-hydrogen) atoms. The quantitative estimate of drug-likeness (QED) is 0.667. The Kier molecular flexibility index (Phi) is 3.65. The minimum absolute atomic E-state index is 0.568. The highest BCUT2D eigenvalue weighted by Crippen LogP contribution is 2.28. The third kappa shape index (κ3) is 2.95. The Bertz CT molecular complexity index is 648. The molecule has 1 aliphatic carbocycles. The molecule has 0 aromatic carbocycles. The van der Waals surface area contributed by atoms with Gasteiger partial charge in [0.2, 0.25) is 0 Å². The maximum atomic E-state index is 4.57. The normalized spacial score (nSPS) is 22.1. The van der Waals surface area contributed by atoms with Crippen molar-refractivity contribution in [2.75, 3.05) is 7.05 Å². The van der Waals surface area contributed by atoms with Gasteiger partial charge in [-0.1, -0.05) is 6.92 Å². The molecule has 2 N–H and O–H groups in total. The van der Waals surface area contributed by atoms with Crippen molar-refractivity contribution in [3.8, 4) is 0 Å². The lowest BCUT2D eigenvalue weighted by Gasteiger charge is -2.09. The second kappa shape index (κ2) is 5.44. The molecule has 0 aliphatic heterocycles. The number of rotatable bonds is 3. The highest BCUT2D eigenvalue weighted by Gasteiger charge is 2.33. The predicted octanol–water partition coefficient (Wildman–Crippen LogP) is 2.17. The van der Waals surface area contributed by atoms with Gasteiger partial charge in [-0.2, -0.15) is 0 Å². The number of aromatic nitrogens is 2. The lowest BCUT2D eigenvalue weighted by molar-refractivity contribution is 0.758. The minimum atomic E-state index is 0.568. The van der Waals surface area contributed by atoms with Crippen molar-refractivity contribution >= 4 is 27.5 Å². The molecule has 1 fully saturated rings. The number of hydrogen-bond acceptors (Lipinski definition) is 2. The van der Waals surface area contributed by atoms with Gasteiger partial charge in [0, 0.05) is 30.0 Å². The molecule has 2 aromatic heterocycles. The molecule has 3 rings (SSSR count). The van der Waals surface area contributed by atoms with Crippen LogP contribution in [0.25, 0.3) is 5.65 Å². The van der Waals surface area contributed by atoms with E-state index in [9.17, 15) is 0 Å². The van der Waals surface area contributed by atoms with Crippen molar-refractivity contribution < 1.29 is 0 Å². The Hall–Kier alpha value is -1.56. The number of halogens is 1. The van der Waals surface area contributed by atoms with E-state index < -0.39 is 0 Å². The average molecular weight is 336 g/mol. The second-order valence-electron chi connectivity index (χ2n) is 5.23. The van der Waals surface area contributed by atoms with E-state index in [1.54, 1.807) is 7.05 Å². The highest BCUT2D eigenvalue weighted by atomic mass is 79.9. The van der Waals surface area contributed by atoms with Gasteiger partial charge in [-0.25, -0.2) is 4.98 Å². The van der Waals surface area contributed by atoms with Crippen LogP contribution in [-0.4, -0.2) is 28.4 Å². The molecule has 2 heterocycles. The Morgan fingerprint density at radius 2 is 2.30 bits per heavy atom. The molecule has 1 saturated carbocycles. The summed E-state index contributed by atoms with van der Waals surface area (Å²) in [6, 6.07) is 4.55. The van der Waals surface area contributed by atoms with Crippen molar-refractivity contribution in [1.29, 1.82) is 0 Å². The summed E-state index contributed by atoms with van der Waals surface area (Å²) in [6.45, 7) is 2.91. The first kappa shape index (κ1) is 13.4. The molecule has 0 bridgehead atoms. The maximum absolute atomic E-state index is 4.57. The zero-order valence-corrected chi connectivity index (χ0v) is 13.2. The average Bonchev–Trinajstić information content (AvgIpc) is 2.97. The molecule has 0 amide bonds. The zero-order valence-electron chi connectivity index (χ0n) is 11.6. The summed E-state index contributed by atoms with van der Waals surface area (Å²) < 4.78 is 3.06. The predicted molar refractivity (Wildman–Crippen MR) is 83.8 cm³/mol. The van der Waals surface area contributed by atoms with Crippen LogP contribution in [0.5, 0.6) is 0 Å². The van der Waals surface area contributed by atoms with Gasteiger partial charge in [-0.3, -0.25) is 4.99 Å². The summed E-state index contributed by atoms with van der Waals surface area (Å²) in [5.41, 5.74) is 1.94. The number of hydrogen-bond donors (Lipinski definition) is 2. The second-order valence-corrected chi connectivity index (χ2v) is 6.15. The first-order chi connectivity index (χ1) is 9.65. The summed E-state index contributed by atoms with van der Waals surface area (Å²) in [5.74, 6) is 1.60. The van der Waals surface area contributed by atoms with Crippen LogP contribution in [0.4, 0.5) is 0 Å². The Morgan fingerprint density at radius 3 is 3.00 bits per heavy atom. The Balaban J connectivity index is 1.63. The number of imidazole rings is 1. The number of aliphatic imine (C=N–C) groups is 1. The van der Waals surface area contributed by atoms with E-state index in [2.05, 4.69) is 43.5 Å². The Morgan fingerprint density at radius 1 is 1.50 bits per heavy atom. The monoisotopic (exact) mass is 335 g/mol. The number of nitrogens with one attached hydrogen (secondary N) is 2. The SMILES string of the molecule is CN=C(NCc1cn2cc(Br)ccc2n1)NC1CC1C. The molecule has 0 spiro atoms. The summed E-state index contributed by atoms with van der Waals surface area (Å²) in [6.07, 6.45) is 5.26. The molecular weight excluding hydrogens is 318 g/mol. The molecule has 2 aromatic rings. The van der Waals surface area contributed by atoms with Gasteiger partial charge in [-0.15, -0.1) is 0 Å². The van der Waals surface area contributed by atoms with E-state index in [1.807, 2.05) is 28.9 Å². The van der Waals surface area contributed by atoms with Crippen LogP contribution < -0.4 is 10.6 Å². The molecule has 1 aliphatic rings. The standard InChI is InChI=1S/C14H18BrN5/c1-9-5-12(9)19-14(16-2)17-6-11-8-20-7-10(15)3-4-13(20)18-11/h3-4,7-9,12H,5-6H2,1-2H3,(H2,16,17,19). The number of pyridine rings is 1. The zero-order chi connectivity index (χ0) is 14.1. The van der Waals surface area contributed by atoms with Crippen LogP contribution in [0.2, 0.25) is 0 Å². The van der Waals surface area contributed by atoms with E-state index >= 15 is 0 Å². The van der Waals surface area contributed by atoms with Gasteiger partial charge in [0.15, 0.2) is 5.96 Å². The molecule has 2 atom stereocenters. The van der Waals surface area contributed by atoms with Gasteiger partial charge < -0.3 is 15.0 Å². The largest absolute Gasteiger partial charge is 0.353 e. The van der Waals surface area contributed by atoms with Crippen molar-refractivity contribution in [3.63, 3.8) is 0 Å². The summed E-state index contributed by atoms with van der Waals surface area (Å²) in [4.78, 5) is 8.80. The van der Waals surface area contributed by atoms with Crippen LogP contribution >= 0.6 is 15.9 Å². The molecule has 5 nitrogen and oxygen atoms in total. The van der Waals surface area contributed by atoms with Gasteiger partial charge in [0.1, 0.15) is 5.65 Å². The van der Waals surface area contributed by atoms with Crippen LogP contribution in [0, 0.1) is 5.92 Å². The minimum Gasteiger partial charge on any atom is -0.353 e. The van der Waals surface area contributed by atoms with E-state index in [-0.39, 0.29) is 0 Å². The van der Waals surface area contributed by atoms with E-state index in [0.717, 1.165) is 27.7 Å². The number of nitrogens with zero attached hydrogens (tertiary/aromatic N) is 3. The van der Waals surface area contributed by atoms with Crippen molar-refractivity contribution in [2.45, 2.75) is 25.9 Å². The molecule has 2 unspecified atom stereocenters. The lowest BCUT2D eigenvalue weighted by Crippen LogP contribution is -2.38. The molecule has 0 saturated heterocycles. The topological polar surface area (TPSA) is 53.7 Å². The summed E-state index contributed by atoms with van der Waals surface area (Å²) in [5, 5.41) is 6.70. The van der Waals surface area contributed by atoms with Crippen molar-refractivity contribution in [3.05, 3.63) is 34.7 Å². The highest BCUT2D eigenvalue weighted by molar-refractivity contribution is 9.10. The molecule has 106 valence electrons. The molecule has 6 heteroatoms. The number of guanidine groups is 1. The van der Waals surface area contributed by atoms with E-state index in [0.29, 0.717) is 12.6 Å². The number of fused-ring (bicyclic) bond motifs is 1. The van der Waals surface area contributed by atoms with Crippen molar-refractivity contribution in [1.82, 2.24) is 20.0 Å². The van der Waals surface area contributed by atoms with Crippen LogP contribution in [0.15, 0.2) is 34.0 Å². The fourth-order valence-electron chi connectivity index (χ4n) is 2.17. The smallest absolute Gasteiger partial charge is 0.191 e. The van der Waals surface area contributed by atoms with Gasteiger partial charge >= 0.3 is 0 Å². The van der Waals surface area contributed by atoms with Crippen molar-refractivity contribution in [2.24, 2.45) is 10.9 Å². The first-order valence-electron chi connectivity index (χ1n) is 6.76. The third-order valence-corrected chi connectivity index (χ3v) is 4.03. The maximum Gasteiger partial charge on any atom is 0.191 e. The van der Waals surface area contributed by atoms with Gasteiger partial charge in [0.05, 0.1) is 12.2 Å². The Labute approximate surface area is 126 Å². The van der Waals surface area contributed by atoms with Gasteiger partial charge in [0.25, 0.3) is 0 Å². The third-order valence-electron chi connectivity index (χ3n) is 3.56. The van der Waals surface area contributed by atoms with Crippen LogP contribution in [0.1, 0.15) is 19.0 Å². The lowest BCUT2D eigenvalue weighted by atomic mass is 10.4. The van der Waals surface area contributed by atoms with E-state index in [1.165, 1.54) is 6.42 Å². The van der Waals surface area contributed by atoms with E-state index in [4.69, 9.17) is 0 Å². The molecule has 0 radical (unpaired) electrons. The fraction of sp³-hybridized carbons (Fsp3) is 0.429. The summed E-state index contributed by atoms with van der Waals surface area (Å²) in [7, 11) is 1.79. The van der Waals surface area contributed by atoms with Crippen LogP contribution in [-0.2, 0) is 6.54 Å². The first-order valence-corrected chi connectivity index (χ1v) is 7.55. The fourth-order valence-corrected chi connectivity index (χ4v) is 2.52. The molecular formula is C14H18BrN5. The van der Waals surface area contributed by atoms with Gasteiger partial charge in [-0.05, 0) is 40.4 Å². The van der Waals surface area contributed by atoms with Crippen LogP contribution in [0.3, 0.4) is 0 Å². The summed E-state index contributed by atoms with van der Waals surface area (Å²) >= 11 is 3.46.